The van der Waals surface area contributed by atoms with Gasteiger partial charge in [0.05, 0.1) is 5.92 Å². The zero-order valence-electron chi connectivity index (χ0n) is 13.0. The van der Waals surface area contributed by atoms with Gasteiger partial charge in [0.25, 0.3) is 0 Å². The van der Waals surface area contributed by atoms with Crippen LogP contribution in [0.25, 0.3) is 0 Å². The number of carbonyl (C=O) groups is 3. The lowest BCUT2D eigenvalue weighted by Gasteiger charge is -2.13. The summed E-state index contributed by atoms with van der Waals surface area (Å²) >= 11 is 0. The minimum absolute atomic E-state index is 0.138. The normalized spacial score (nSPS) is 11.6. The van der Waals surface area contributed by atoms with E-state index in [1.807, 2.05) is 0 Å². The number of Topliss-reactive ketones (excluding diaryl/α,β-unsaturated/α-hetero) is 1. The summed E-state index contributed by atoms with van der Waals surface area (Å²) in [4.78, 5) is 34.9. The molecule has 1 amide bonds. The fraction of sp³-hybridized carbons (Fsp3) is 0.167. The van der Waals surface area contributed by atoms with Crippen LogP contribution >= 0.6 is 0 Å². The maximum absolute atomic E-state index is 13.0. The Kier molecular flexibility index (Phi) is 5.42. The fourth-order valence-electron chi connectivity index (χ4n) is 2.26. The second kappa shape index (κ2) is 7.50. The first-order chi connectivity index (χ1) is 11.4. The number of nitrogens with one attached hydrogen (secondary N) is 1. The van der Waals surface area contributed by atoms with E-state index in [0.717, 1.165) is 12.1 Å². The SMILES string of the molecule is CC(=O)c1cccc(NC(=O)CC(C(=O)O)c2ccc(F)cc2)c1. The molecule has 0 fully saturated rings. The molecule has 0 aliphatic rings. The average Bonchev–Trinajstić information content (AvgIpc) is 2.53. The quantitative estimate of drug-likeness (QED) is 0.797. The lowest BCUT2D eigenvalue weighted by Crippen LogP contribution is -2.21. The molecule has 0 aliphatic heterocycles. The third-order valence-electron chi connectivity index (χ3n) is 3.51. The van der Waals surface area contributed by atoms with Crippen LogP contribution in [0, 0.1) is 5.82 Å². The molecule has 0 saturated heterocycles. The van der Waals surface area contributed by atoms with Crippen LogP contribution in [0.15, 0.2) is 48.5 Å². The third-order valence-corrected chi connectivity index (χ3v) is 3.51. The minimum atomic E-state index is -1.17. The molecule has 0 radical (unpaired) electrons. The lowest BCUT2D eigenvalue weighted by atomic mass is 9.95. The lowest BCUT2D eigenvalue weighted by molar-refractivity contribution is -0.140. The highest BCUT2D eigenvalue weighted by Gasteiger charge is 2.23. The largest absolute Gasteiger partial charge is 0.481 e. The van der Waals surface area contributed by atoms with Gasteiger partial charge >= 0.3 is 5.97 Å². The number of anilines is 1. The molecule has 6 heteroatoms. The molecule has 124 valence electrons. The van der Waals surface area contributed by atoms with Crippen LogP contribution < -0.4 is 5.32 Å². The summed E-state index contributed by atoms with van der Waals surface area (Å²) in [7, 11) is 0. The molecule has 0 bridgehead atoms. The average molecular weight is 329 g/mol. The number of carboxylic acid groups (broad SMARTS) is 1. The van der Waals surface area contributed by atoms with Crippen molar-refractivity contribution in [2.45, 2.75) is 19.3 Å². The van der Waals surface area contributed by atoms with Crippen LogP contribution in [0.1, 0.15) is 35.2 Å². The maximum atomic E-state index is 13.0. The molecule has 1 atom stereocenters. The highest BCUT2D eigenvalue weighted by molar-refractivity contribution is 5.98. The van der Waals surface area contributed by atoms with E-state index in [9.17, 15) is 23.9 Å². The first-order valence-electron chi connectivity index (χ1n) is 7.26. The molecule has 0 heterocycles. The summed E-state index contributed by atoms with van der Waals surface area (Å²) < 4.78 is 13.0. The Morgan fingerprint density at radius 1 is 1.12 bits per heavy atom. The van der Waals surface area contributed by atoms with Gasteiger partial charge in [-0.15, -0.1) is 0 Å². The number of carbonyl (C=O) groups excluding carboxylic acids is 2. The first kappa shape index (κ1) is 17.3. The summed E-state index contributed by atoms with van der Waals surface area (Å²) in [6.07, 6.45) is -0.300. The highest BCUT2D eigenvalue weighted by atomic mass is 19.1. The summed E-state index contributed by atoms with van der Waals surface area (Å²) in [5.74, 6) is -3.38. The fourth-order valence-corrected chi connectivity index (χ4v) is 2.26. The Bertz CT molecular complexity index is 771. The van der Waals surface area contributed by atoms with Crippen LogP contribution in [0.3, 0.4) is 0 Å². The molecular formula is C18H16FNO4. The van der Waals surface area contributed by atoms with E-state index in [1.54, 1.807) is 18.2 Å². The molecule has 0 spiro atoms. The van der Waals surface area contributed by atoms with Crippen molar-refractivity contribution in [3.05, 3.63) is 65.5 Å². The van der Waals surface area contributed by atoms with Crippen molar-refractivity contribution in [2.24, 2.45) is 0 Å². The van der Waals surface area contributed by atoms with Gasteiger partial charge in [-0.3, -0.25) is 14.4 Å². The Hall–Kier alpha value is -3.02. The number of hydrogen-bond acceptors (Lipinski definition) is 3. The van der Waals surface area contributed by atoms with E-state index < -0.39 is 23.6 Å². The highest BCUT2D eigenvalue weighted by Crippen LogP contribution is 2.22. The van der Waals surface area contributed by atoms with E-state index in [1.165, 1.54) is 25.1 Å². The van der Waals surface area contributed by atoms with Crippen molar-refractivity contribution in [3.63, 3.8) is 0 Å². The smallest absolute Gasteiger partial charge is 0.311 e. The van der Waals surface area contributed by atoms with Crippen LogP contribution in [0.5, 0.6) is 0 Å². The van der Waals surface area contributed by atoms with Crippen LogP contribution in [0.4, 0.5) is 10.1 Å². The van der Waals surface area contributed by atoms with Crippen molar-refractivity contribution >= 4 is 23.3 Å². The number of aliphatic carboxylic acids is 1. The van der Waals surface area contributed by atoms with Crippen molar-refractivity contribution in [1.82, 2.24) is 0 Å². The summed E-state index contributed by atoms with van der Waals surface area (Å²) in [6.45, 7) is 1.41. The van der Waals surface area contributed by atoms with Gasteiger partial charge in [0.1, 0.15) is 5.82 Å². The summed E-state index contributed by atoms with van der Waals surface area (Å²) in [5, 5.41) is 11.9. The molecule has 24 heavy (non-hydrogen) atoms. The molecule has 2 aromatic carbocycles. The molecule has 5 nitrogen and oxygen atoms in total. The number of carboxylic acids is 1. The van der Waals surface area contributed by atoms with Gasteiger partial charge in [-0.1, -0.05) is 24.3 Å². The van der Waals surface area contributed by atoms with E-state index >= 15 is 0 Å². The zero-order chi connectivity index (χ0) is 17.7. The van der Waals surface area contributed by atoms with Gasteiger partial charge in [-0.25, -0.2) is 4.39 Å². The van der Waals surface area contributed by atoms with E-state index in [0.29, 0.717) is 16.8 Å². The maximum Gasteiger partial charge on any atom is 0.311 e. The Balaban J connectivity index is 2.11. The molecule has 2 N–H and O–H groups in total. The number of rotatable bonds is 6. The Morgan fingerprint density at radius 3 is 2.38 bits per heavy atom. The van der Waals surface area contributed by atoms with E-state index in [-0.39, 0.29) is 12.2 Å². The molecule has 1 unspecified atom stereocenters. The minimum Gasteiger partial charge on any atom is -0.481 e. The number of hydrogen-bond donors (Lipinski definition) is 2. The van der Waals surface area contributed by atoms with Gasteiger partial charge in [0.15, 0.2) is 5.78 Å². The van der Waals surface area contributed by atoms with Crippen molar-refractivity contribution < 1.29 is 23.9 Å². The van der Waals surface area contributed by atoms with Crippen molar-refractivity contribution in [3.8, 4) is 0 Å². The van der Waals surface area contributed by atoms with Gasteiger partial charge in [-0.2, -0.15) is 0 Å². The molecular weight excluding hydrogens is 313 g/mol. The van der Waals surface area contributed by atoms with Gasteiger partial charge in [-0.05, 0) is 36.8 Å². The number of halogens is 1. The van der Waals surface area contributed by atoms with E-state index in [2.05, 4.69) is 5.32 Å². The Morgan fingerprint density at radius 2 is 1.79 bits per heavy atom. The van der Waals surface area contributed by atoms with Crippen molar-refractivity contribution in [1.29, 1.82) is 0 Å². The van der Waals surface area contributed by atoms with Crippen molar-refractivity contribution in [2.75, 3.05) is 5.32 Å². The molecule has 2 aromatic rings. The van der Waals surface area contributed by atoms with E-state index in [4.69, 9.17) is 0 Å². The predicted molar refractivity (Wildman–Crippen MR) is 86.5 cm³/mol. The number of ketones is 1. The topological polar surface area (TPSA) is 83.5 Å². The number of amides is 1. The van der Waals surface area contributed by atoms with Crippen LogP contribution in [0.2, 0.25) is 0 Å². The third kappa shape index (κ3) is 4.49. The molecule has 0 aromatic heterocycles. The van der Waals surface area contributed by atoms with Crippen LogP contribution in [-0.2, 0) is 9.59 Å². The van der Waals surface area contributed by atoms with Gasteiger partial charge < -0.3 is 10.4 Å². The van der Waals surface area contributed by atoms with Crippen LogP contribution in [-0.4, -0.2) is 22.8 Å². The number of benzene rings is 2. The predicted octanol–water partition coefficient (Wildman–Crippen LogP) is 3.23. The molecule has 2 rings (SSSR count). The second-order valence-corrected chi connectivity index (χ2v) is 5.33. The van der Waals surface area contributed by atoms with Gasteiger partial charge in [0.2, 0.25) is 5.91 Å². The zero-order valence-corrected chi connectivity index (χ0v) is 13.0. The monoisotopic (exact) mass is 329 g/mol. The standard InChI is InChI=1S/C18H16FNO4/c1-11(21)13-3-2-4-15(9-13)20-17(22)10-16(18(23)24)12-5-7-14(19)8-6-12/h2-9,16H,10H2,1H3,(H,20,22)(H,23,24). The summed E-state index contributed by atoms with van der Waals surface area (Å²) in [6, 6.07) is 11.4. The van der Waals surface area contributed by atoms with Gasteiger partial charge in [0, 0.05) is 17.7 Å². The molecule has 0 aliphatic carbocycles. The first-order valence-corrected chi connectivity index (χ1v) is 7.26. The second-order valence-electron chi connectivity index (χ2n) is 5.33. The summed E-state index contributed by atoms with van der Waals surface area (Å²) in [5.41, 5.74) is 1.20. The Labute approximate surface area is 138 Å². The molecule has 0 saturated carbocycles.